The van der Waals surface area contributed by atoms with E-state index >= 15 is 0 Å². The summed E-state index contributed by atoms with van der Waals surface area (Å²) in [5.74, 6) is 0.933. The van der Waals surface area contributed by atoms with E-state index < -0.39 is 10.9 Å². The number of ether oxygens (including phenoxy) is 3. The van der Waals surface area contributed by atoms with Gasteiger partial charge in [0.1, 0.15) is 28.5 Å². The quantitative estimate of drug-likeness (QED) is 0.325. The minimum absolute atomic E-state index is 0.0860. The van der Waals surface area contributed by atoms with Crippen LogP contribution in [0.15, 0.2) is 66.7 Å². The van der Waals surface area contributed by atoms with E-state index in [0.717, 1.165) is 5.56 Å². The molecule has 0 spiro atoms. The first-order chi connectivity index (χ1) is 14.5. The van der Waals surface area contributed by atoms with Crippen LogP contribution in [0.1, 0.15) is 15.9 Å². The fraction of sp³-hybridized carbons (Fsp3) is 0.136. The highest BCUT2D eigenvalue weighted by molar-refractivity contribution is 5.92. The summed E-state index contributed by atoms with van der Waals surface area (Å²) in [6, 6.07) is 18.6. The molecule has 0 atom stereocenters. The second-order valence-electron chi connectivity index (χ2n) is 6.23. The number of nitrogens with zero attached hydrogens (tertiary/aromatic N) is 1. The smallest absolute Gasteiger partial charge is 0.341 e. The van der Waals surface area contributed by atoms with Gasteiger partial charge in [-0.15, -0.1) is 0 Å². The molecule has 8 nitrogen and oxygen atoms in total. The third-order valence-electron chi connectivity index (χ3n) is 4.30. The van der Waals surface area contributed by atoms with E-state index in [0.29, 0.717) is 22.9 Å². The molecule has 0 radical (unpaired) electrons. The molecular formula is C22H20N2O6. The first-order valence-electron chi connectivity index (χ1n) is 9.02. The van der Waals surface area contributed by atoms with Crippen molar-refractivity contribution in [2.24, 2.45) is 0 Å². The van der Waals surface area contributed by atoms with Crippen LogP contribution >= 0.6 is 0 Å². The largest absolute Gasteiger partial charge is 0.496 e. The molecule has 3 aromatic carbocycles. The molecule has 0 fully saturated rings. The van der Waals surface area contributed by atoms with Crippen LogP contribution in [0.5, 0.6) is 17.2 Å². The summed E-state index contributed by atoms with van der Waals surface area (Å²) in [5, 5.41) is 14.5. The van der Waals surface area contributed by atoms with E-state index in [1.165, 1.54) is 20.3 Å². The highest BCUT2D eigenvalue weighted by Gasteiger charge is 2.17. The van der Waals surface area contributed by atoms with E-state index in [1.54, 1.807) is 42.5 Å². The Morgan fingerprint density at radius 1 is 1.00 bits per heavy atom. The minimum atomic E-state index is -0.530. The molecule has 0 saturated heterocycles. The molecule has 0 aliphatic carbocycles. The maximum Gasteiger partial charge on any atom is 0.341 e. The van der Waals surface area contributed by atoms with Crippen LogP contribution in [0, 0.1) is 10.1 Å². The number of nitro benzene ring substituents is 1. The highest BCUT2D eigenvalue weighted by atomic mass is 16.6. The number of nitro groups is 1. The van der Waals surface area contributed by atoms with E-state index in [9.17, 15) is 14.9 Å². The standard InChI is InChI=1S/C22H20N2O6/c1-28-21-11-8-15(12-18(21)22(25)29-2)14-23-19-13-17(9-10-20(19)24(26)27)30-16-6-4-3-5-7-16/h3-13,23H,14H2,1-2H3. The summed E-state index contributed by atoms with van der Waals surface area (Å²) in [6.45, 7) is 0.240. The summed E-state index contributed by atoms with van der Waals surface area (Å²) in [6.07, 6.45) is 0. The molecule has 1 N–H and O–H groups in total. The number of nitrogens with one attached hydrogen (secondary N) is 1. The first-order valence-corrected chi connectivity index (χ1v) is 9.02. The van der Waals surface area contributed by atoms with Crippen molar-refractivity contribution in [3.8, 4) is 17.2 Å². The molecule has 0 aliphatic heterocycles. The molecule has 0 aromatic heterocycles. The third-order valence-corrected chi connectivity index (χ3v) is 4.30. The Morgan fingerprint density at radius 3 is 2.43 bits per heavy atom. The molecule has 30 heavy (non-hydrogen) atoms. The van der Waals surface area contributed by atoms with Crippen LogP contribution < -0.4 is 14.8 Å². The van der Waals surface area contributed by atoms with Gasteiger partial charge in [-0.2, -0.15) is 0 Å². The number of hydrogen-bond acceptors (Lipinski definition) is 7. The van der Waals surface area contributed by atoms with Gasteiger partial charge >= 0.3 is 5.97 Å². The lowest BCUT2D eigenvalue weighted by molar-refractivity contribution is -0.384. The molecule has 0 amide bonds. The molecule has 3 aromatic rings. The van der Waals surface area contributed by atoms with Crippen molar-refractivity contribution >= 4 is 17.3 Å². The van der Waals surface area contributed by atoms with E-state index in [1.807, 2.05) is 18.2 Å². The van der Waals surface area contributed by atoms with Gasteiger partial charge in [0.25, 0.3) is 5.69 Å². The molecule has 154 valence electrons. The van der Waals surface area contributed by atoms with Gasteiger partial charge in [0.2, 0.25) is 0 Å². The monoisotopic (exact) mass is 408 g/mol. The zero-order valence-corrected chi connectivity index (χ0v) is 16.5. The Hall–Kier alpha value is -4.07. The summed E-state index contributed by atoms with van der Waals surface area (Å²) in [7, 11) is 2.75. The Kier molecular flexibility index (Phi) is 6.49. The summed E-state index contributed by atoms with van der Waals surface area (Å²) < 4.78 is 15.7. The van der Waals surface area contributed by atoms with Crippen LogP contribution in [-0.4, -0.2) is 25.1 Å². The van der Waals surface area contributed by atoms with Gasteiger partial charge in [0.05, 0.1) is 19.1 Å². The van der Waals surface area contributed by atoms with E-state index in [-0.39, 0.29) is 17.8 Å². The predicted molar refractivity (Wildman–Crippen MR) is 111 cm³/mol. The second-order valence-corrected chi connectivity index (χ2v) is 6.23. The molecule has 8 heteroatoms. The van der Waals surface area contributed by atoms with Crippen LogP contribution in [-0.2, 0) is 11.3 Å². The Bertz CT molecular complexity index is 1050. The number of rotatable bonds is 8. The molecule has 0 saturated carbocycles. The topological polar surface area (TPSA) is 99.9 Å². The normalized spacial score (nSPS) is 10.2. The number of para-hydroxylation sites is 1. The van der Waals surface area contributed by atoms with Gasteiger partial charge in [0.15, 0.2) is 0 Å². The van der Waals surface area contributed by atoms with Gasteiger partial charge in [-0.3, -0.25) is 10.1 Å². The zero-order chi connectivity index (χ0) is 21.5. The van der Waals surface area contributed by atoms with E-state index in [4.69, 9.17) is 14.2 Å². The number of methoxy groups -OCH3 is 2. The molecule has 3 rings (SSSR count). The minimum Gasteiger partial charge on any atom is -0.496 e. The molecule has 0 aliphatic rings. The average Bonchev–Trinajstić information content (AvgIpc) is 2.77. The maximum atomic E-state index is 12.0. The average molecular weight is 408 g/mol. The van der Waals surface area contributed by atoms with Gasteiger partial charge in [-0.1, -0.05) is 24.3 Å². The van der Waals surface area contributed by atoms with Gasteiger partial charge in [0, 0.05) is 18.7 Å². The van der Waals surface area contributed by atoms with E-state index in [2.05, 4.69) is 5.32 Å². The summed E-state index contributed by atoms with van der Waals surface area (Å²) in [5.41, 5.74) is 1.20. The Labute approximate surface area is 173 Å². The Balaban J connectivity index is 1.83. The lowest BCUT2D eigenvalue weighted by Crippen LogP contribution is -2.07. The maximum absolute atomic E-state index is 12.0. The number of hydrogen-bond donors (Lipinski definition) is 1. The fourth-order valence-electron chi connectivity index (χ4n) is 2.84. The van der Waals surface area contributed by atoms with Crippen molar-refractivity contribution in [2.75, 3.05) is 19.5 Å². The van der Waals surface area contributed by atoms with Crippen molar-refractivity contribution in [1.82, 2.24) is 0 Å². The predicted octanol–water partition coefficient (Wildman–Crippen LogP) is 4.79. The van der Waals surface area contributed by atoms with Crippen molar-refractivity contribution in [1.29, 1.82) is 0 Å². The highest BCUT2D eigenvalue weighted by Crippen LogP contribution is 2.32. The molecular weight excluding hydrogens is 388 g/mol. The second kappa shape index (κ2) is 9.42. The summed E-state index contributed by atoms with van der Waals surface area (Å²) in [4.78, 5) is 22.9. The number of carbonyl (C=O) groups excluding carboxylic acids is 1. The number of benzene rings is 3. The van der Waals surface area contributed by atoms with Crippen LogP contribution in [0.4, 0.5) is 11.4 Å². The number of carbonyl (C=O) groups is 1. The molecule has 0 heterocycles. The van der Waals surface area contributed by atoms with Gasteiger partial charge < -0.3 is 19.5 Å². The van der Waals surface area contributed by atoms with Crippen molar-refractivity contribution in [3.63, 3.8) is 0 Å². The van der Waals surface area contributed by atoms with Crippen LogP contribution in [0.25, 0.3) is 0 Å². The van der Waals surface area contributed by atoms with Crippen molar-refractivity contribution in [2.45, 2.75) is 6.54 Å². The first kappa shape index (κ1) is 20.7. The third kappa shape index (κ3) is 4.85. The molecule has 0 bridgehead atoms. The van der Waals surface area contributed by atoms with Crippen molar-refractivity contribution < 1.29 is 23.9 Å². The summed E-state index contributed by atoms with van der Waals surface area (Å²) >= 11 is 0. The molecule has 0 unspecified atom stereocenters. The van der Waals surface area contributed by atoms with Crippen LogP contribution in [0.3, 0.4) is 0 Å². The fourth-order valence-corrected chi connectivity index (χ4v) is 2.84. The zero-order valence-electron chi connectivity index (χ0n) is 16.5. The number of esters is 1. The van der Waals surface area contributed by atoms with Gasteiger partial charge in [-0.05, 0) is 35.9 Å². The van der Waals surface area contributed by atoms with Crippen molar-refractivity contribution in [3.05, 3.63) is 88.0 Å². The SMILES string of the molecule is COC(=O)c1cc(CNc2cc(Oc3ccccc3)ccc2[N+](=O)[O-])ccc1OC. The lowest BCUT2D eigenvalue weighted by Gasteiger charge is -2.12. The number of anilines is 1. The lowest BCUT2D eigenvalue weighted by atomic mass is 10.1. The Morgan fingerprint density at radius 2 is 1.77 bits per heavy atom. The van der Waals surface area contributed by atoms with Gasteiger partial charge in [-0.25, -0.2) is 4.79 Å². The van der Waals surface area contributed by atoms with Crippen LogP contribution in [0.2, 0.25) is 0 Å².